The van der Waals surface area contributed by atoms with Crippen molar-refractivity contribution in [3.8, 4) is 0 Å². The van der Waals surface area contributed by atoms with E-state index in [4.69, 9.17) is 0 Å². The van der Waals surface area contributed by atoms with Crippen LogP contribution in [0, 0.1) is 12.7 Å². The lowest BCUT2D eigenvalue weighted by Gasteiger charge is -2.06. The van der Waals surface area contributed by atoms with Gasteiger partial charge in [-0.2, -0.15) is 0 Å². The molecule has 2 rings (SSSR count). The van der Waals surface area contributed by atoms with Crippen LogP contribution in [0.5, 0.6) is 0 Å². The standard InChI is InChI=1S/C16H16FNO/c1-12-2-4-14(5-3-12)11-18-16(19)10-13-6-8-15(17)9-7-13/h2-9H,10-11H2,1H3,(H,18,19). The summed E-state index contributed by atoms with van der Waals surface area (Å²) in [7, 11) is 0. The van der Waals surface area contributed by atoms with Gasteiger partial charge in [0.1, 0.15) is 5.82 Å². The van der Waals surface area contributed by atoms with Crippen LogP contribution in [0.25, 0.3) is 0 Å². The maximum absolute atomic E-state index is 12.7. The van der Waals surface area contributed by atoms with Crippen LogP contribution in [0.2, 0.25) is 0 Å². The first kappa shape index (κ1) is 13.3. The second kappa shape index (κ2) is 6.14. The van der Waals surface area contributed by atoms with Gasteiger partial charge in [0.15, 0.2) is 0 Å². The summed E-state index contributed by atoms with van der Waals surface area (Å²) in [5.74, 6) is -0.351. The zero-order chi connectivity index (χ0) is 13.7. The molecular formula is C16H16FNO. The summed E-state index contributed by atoms with van der Waals surface area (Å²) in [5.41, 5.74) is 3.07. The summed E-state index contributed by atoms with van der Waals surface area (Å²) < 4.78 is 12.7. The molecule has 98 valence electrons. The van der Waals surface area contributed by atoms with E-state index in [9.17, 15) is 9.18 Å². The van der Waals surface area contributed by atoms with Crippen molar-refractivity contribution in [2.45, 2.75) is 19.9 Å². The number of benzene rings is 2. The first-order valence-corrected chi connectivity index (χ1v) is 6.20. The lowest BCUT2D eigenvalue weighted by atomic mass is 10.1. The van der Waals surface area contributed by atoms with Crippen molar-refractivity contribution >= 4 is 5.91 Å². The van der Waals surface area contributed by atoms with E-state index in [1.165, 1.54) is 17.7 Å². The number of nitrogens with one attached hydrogen (secondary N) is 1. The van der Waals surface area contributed by atoms with Gasteiger partial charge in [-0.25, -0.2) is 4.39 Å². The Hall–Kier alpha value is -2.16. The Kier molecular flexibility index (Phi) is 4.29. The first-order chi connectivity index (χ1) is 9.13. The third kappa shape index (κ3) is 4.21. The SMILES string of the molecule is Cc1ccc(CNC(=O)Cc2ccc(F)cc2)cc1. The normalized spacial score (nSPS) is 10.2. The highest BCUT2D eigenvalue weighted by Gasteiger charge is 2.03. The van der Waals surface area contributed by atoms with Crippen molar-refractivity contribution in [2.75, 3.05) is 0 Å². The van der Waals surface area contributed by atoms with E-state index in [0.717, 1.165) is 11.1 Å². The average Bonchev–Trinajstić information content (AvgIpc) is 2.41. The van der Waals surface area contributed by atoms with Crippen LogP contribution in [0.3, 0.4) is 0 Å². The number of carbonyl (C=O) groups is 1. The number of hydrogen-bond acceptors (Lipinski definition) is 1. The van der Waals surface area contributed by atoms with E-state index in [-0.39, 0.29) is 18.1 Å². The molecule has 0 fully saturated rings. The molecule has 0 spiro atoms. The van der Waals surface area contributed by atoms with Gasteiger partial charge in [-0.3, -0.25) is 4.79 Å². The number of carbonyl (C=O) groups excluding carboxylic acids is 1. The molecule has 2 nitrogen and oxygen atoms in total. The zero-order valence-electron chi connectivity index (χ0n) is 10.8. The monoisotopic (exact) mass is 257 g/mol. The van der Waals surface area contributed by atoms with E-state index < -0.39 is 0 Å². The summed E-state index contributed by atoms with van der Waals surface area (Å²) in [6.45, 7) is 2.54. The maximum atomic E-state index is 12.7. The Balaban J connectivity index is 1.84. The van der Waals surface area contributed by atoms with Crippen molar-refractivity contribution < 1.29 is 9.18 Å². The molecule has 1 amide bonds. The average molecular weight is 257 g/mol. The molecule has 1 N–H and O–H groups in total. The van der Waals surface area contributed by atoms with Crippen LogP contribution in [0.1, 0.15) is 16.7 Å². The Bertz CT molecular complexity index is 546. The van der Waals surface area contributed by atoms with Gasteiger partial charge in [0, 0.05) is 6.54 Å². The maximum Gasteiger partial charge on any atom is 0.224 e. The van der Waals surface area contributed by atoms with E-state index in [0.29, 0.717) is 6.54 Å². The Morgan fingerprint density at radius 1 is 1.00 bits per heavy atom. The summed E-state index contributed by atoms with van der Waals surface area (Å²) in [6.07, 6.45) is 0.270. The van der Waals surface area contributed by atoms with Gasteiger partial charge in [-0.05, 0) is 30.2 Å². The molecule has 0 radical (unpaired) electrons. The first-order valence-electron chi connectivity index (χ1n) is 6.20. The predicted octanol–water partition coefficient (Wildman–Crippen LogP) is 2.99. The molecule has 0 aliphatic heterocycles. The third-order valence-electron chi connectivity index (χ3n) is 2.89. The number of aryl methyl sites for hydroxylation is 1. The van der Waals surface area contributed by atoms with Crippen LogP contribution in [0.15, 0.2) is 48.5 Å². The number of rotatable bonds is 4. The van der Waals surface area contributed by atoms with Crippen molar-refractivity contribution in [2.24, 2.45) is 0 Å². The van der Waals surface area contributed by atoms with E-state index in [2.05, 4.69) is 5.32 Å². The fourth-order valence-corrected chi connectivity index (χ4v) is 1.76. The fraction of sp³-hybridized carbons (Fsp3) is 0.188. The Morgan fingerprint density at radius 3 is 2.21 bits per heavy atom. The molecule has 0 aliphatic carbocycles. The molecule has 19 heavy (non-hydrogen) atoms. The minimum atomic E-state index is -0.288. The summed E-state index contributed by atoms with van der Waals surface area (Å²) in [4.78, 5) is 11.7. The summed E-state index contributed by atoms with van der Waals surface area (Å²) >= 11 is 0. The fourth-order valence-electron chi connectivity index (χ4n) is 1.76. The number of hydrogen-bond donors (Lipinski definition) is 1. The topological polar surface area (TPSA) is 29.1 Å². The van der Waals surface area contributed by atoms with Gasteiger partial charge in [0.05, 0.1) is 6.42 Å². The van der Waals surface area contributed by atoms with Crippen LogP contribution in [-0.4, -0.2) is 5.91 Å². The van der Waals surface area contributed by atoms with Gasteiger partial charge in [0.2, 0.25) is 5.91 Å². The minimum absolute atomic E-state index is 0.0628. The quantitative estimate of drug-likeness (QED) is 0.896. The van der Waals surface area contributed by atoms with Gasteiger partial charge >= 0.3 is 0 Å². The van der Waals surface area contributed by atoms with Crippen LogP contribution >= 0.6 is 0 Å². The van der Waals surface area contributed by atoms with Crippen molar-refractivity contribution in [1.29, 1.82) is 0 Å². The molecule has 2 aromatic carbocycles. The van der Waals surface area contributed by atoms with Crippen LogP contribution in [0.4, 0.5) is 4.39 Å². The van der Waals surface area contributed by atoms with Crippen LogP contribution < -0.4 is 5.32 Å². The molecule has 0 saturated heterocycles. The van der Waals surface area contributed by atoms with E-state index in [1.54, 1.807) is 12.1 Å². The molecule has 0 aromatic heterocycles. The largest absolute Gasteiger partial charge is 0.352 e. The third-order valence-corrected chi connectivity index (χ3v) is 2.89. The molecule has 2 aromatic rings. The molecule has 0 unspecified atom stereocenters. The number of halogens is 1. The highest BCUT2D eigenvalue weighted by Crippen LogP contribution is 2.05. The lowest BCUT2D eigenvalue weighted by molar-refractivity contribution is -0.120. The van der Waals surface area contributed by atoms with Gasteiger partial charge in [-0.1, -0.05) is 42.0 Å². The van der Waals surface area contributed by atoms with E-state index >= 15 is 0 Å². The molecule has 0 saturated carbocycles. The van der Waals surface area contributed by atoms with Crippen molar-refractivity contribution in [1.82, 2.24) is 5.32 Å². The second-order valence-electron chi connectivity index (χ2n) is 4.57. The molecule has 0 heterocycles. The molecular weight excluding hydrogens is 241 g/mol. The Labute approximate surface area is 112 Å². The molecule has 0 atom stereocenters. The lowest BCUT2D eigenvalue weighted by Crippen LogP contribution is -2.24. The van der Waals surface area contributed by atoms with Gasteiger partial charge in [-0.15, -0.1) is 0 Å². The second-order valence-corrected chi connectivity index (χ2v) is 4.57. The molecule has 3 heteroatoms. The smallest absolute Gasteiger partial charge is 0.224 e. The molecule has 0 bridgehead atoms. The highest BCUT2D eigenvalue weighted by atomic mass is 19.1. The van der Waals surface area contributed by atoms with Crippen molar-refractivity contribution in [3.63, 3.8) is 0 Å². The zero-order valence-corrected chi connectivity index (χ0v) is 10.8. The van der Waals surface area contributed by atoms with Gasteiger partial charge in [0.25, 0.3) is 0 Å². The highest BCUT2D eigenvalue weighted by molar-refractivity contribution is 5.78. The Morgan fingerprint density at radius 2 is 1.58 bits per heavy atom. The number of amides is 1. The summed E-state index contributed by atoms with van der Waals surface area (Å²) in [6, 6.07) is 14.0. The van der Waals surface area contributed by atoms with Crippen LogP contribution in [-0.2, 0) is 17.8 Å². The van der Waals surface area contributed by atoms with Gasteiger partial charge < -0.3 is 5.32 Å². The molecule has 0 aliphatic rings. The predicted molar refractivity (Wildman–Crippen MR) is 73.1 cm³/mol. The summed E-state index contributed by atoms with van der Waals surface area (Å²) in [5, 5.41) is 2.85. The minimum Gasteiger partial charge on any atom is -0.352 e. The van der Waals surface area contributed by atoms with E-state index in [1.807, 2.05) is 31.2 Å². The van der Waals surface area contributed by atoms with Crippen molar-refractivity contribution in [3.05, 3.63) is 71.0 Å².